The molecular weight excluding hydrogens is 1080 g/mol. The predicted octanol–water partition coefficient (Wildman–Crippen LogP) is 8.55. The smallest absolute Gasteiger partial charge is 0.413 e. The second-order valence-corrected chi connectivity index (χ2v) is 25.3. The van der Waals surface area contributed by atoms with E-state index in [-0.39, 0.29) is 60.9 Å². The number of halogens is 3. The normalized spacial score (nSPS) is 32.9. The first-order chi connectivity index (χ1) is 36.4. The lowest BCUT2D eigenvalue weighted by molar-refractivity contribution is -0.349. The lowest BCUT2D eigenvalue weighted by Gasteiger charge is -2.68. The molecule has 2 aromatic carbocycles. The molecule has 13 atom stereocenters. The van der Waals surface area contributed by atoms with Crippen LogP contribution in [0.2, 0.25) is 0 Å². The lowest BCUT2D eigenvalue weighted by atomic mass is 9.43. The Labute approximate surface area is 468 Å². The van der Waals surface area contributed by atoms with Crippen LogP contribution in [-0.2, 0) is 66.6 Å². The number of ketones is 1. The van der Waals surface area contributed by atoms with E-state index in [0.717, 1.165) is 6.92 Å². The van der Waals surface area contributed by atoms with Crippen LogP contribution in [0.1, 0.15) is 118 Å². The van der Waals surface area contributed by atoms with Gasteiger partial charge in [-0.05, 0) is 88.8 Å². The van der Waals surface area contributed by atoms with Crippen LogP contribution in [0.15, 0.2) is 59.7 Å². The van der Waals surface area contributed by atoms with Crippen LogP contribution in [0, 0.1) is 28.6 Å². The predicted molar refractivity (Wildman–Crippen MR) is 278 cm³/mol. The van der Waals surface area contributed by atoms with Crippen molar-refractivity contribution in [2.24, 2.45) is 28.6 Å². The maximum atomic E-state index is 16.4. The molecule has 2 bridgehead atoms. The number of benzene rings is 2. The molecule has 426 valence electrons. The van der Waals surface area contributed by atoms with E-state index in [1.165, 1.54) is 45.1 Å². The van der Waals surface area contributed by atoms with Crippen molar-refractivity contribution in [3.05, 3.63) is 70.8 Å². The Hall–Kier alpha value is -5.18. The first-order valence-electron chi connectivity index (χ1n) is 25.9. The number of nitrogens with zero attached hydrogens (tertiary/aromatic N) is 1. The van der Waals surface area contributed by atoms with E-state index in [9.17, 15) is 19.2 Å². The van der Waals surface area contributed by atoms with E-state index in [4.69, 9.17) is 86.9 Å². The third kappa shape index (κ3) is 10.00. The quantitative estimate of drug-likeness (QED) is 0.0840. The third-order valence-corrected chi connectivity index (χ3v) is 16.8. The summed E-state index contributed by atoms with van der Waals surface area (Å²) in [6.45, 7) is 17.5. The molecular formula is C56H68Cl3NO18. The number of rotatable bonds is 12. The van der Waals surface area contributed by atoms with E-state index in [1.807, 2.05) is 13.8 Å². The SMILES string of the molecule is COc1ccc(C2O[C@@H](C(=O)O[C@@H]3C(C)=C4[C@@H](OC(C)=O)C(=O)[C@]5(C)[C@@H](OC(=O)C(Cl)(Cl)Cl)C[C@H]6OC[C@@]6(OC(C)=O)[C@H]5[C@H](OC(=O)c5ccccc5)[C@@]5(OCC[C@@H]35)C4(C)C)[C@H](CC(C)C)N2C(=O)OC(C)(C)C)c(OC)c1. The number of hydrogen-bond donors (Lipinski definition) is 0. The summed E-state index contributed by atoms with van der Waals surface area (Å²) in [5.74, 6) is -7.75. The summed E-state index contributed by atoms with van der Waals surface area (Å²) >= 11 is 18.4. The molecule has 5 fully saturated rings. The molecule has 6 aliphatic rings. The van der Waals surface area contributed by atoms with Crippen LogP contribution in [0.5, 0.6) is 11.5 Å². The van der Waals surface area contributed by atoms with Crippen LogP contribution in [0.4, 0.5) is 4.79 Å². The van der Waals surface area contributed by atoms with Gasteiger partial charge in [-0.1, -0.05) is 80.7 Å². The van der Waals surface area contributed by atoms with Gasteiger partial charge in [0.2, 0.25) is 0 Å². The van der Waals surface area contributed by atoms with E-state index in [0.29, 0.717) is 11.3 Å². The van der Waals surface area contributed by atoms with Crippen LogP contribution < -0.4 is 9.47 Å². The van der Waals surface area contributed by atoms with Crippen molar-refractivity contribution >= 4 is 76.5 Å². The van der Waals surface area contributed by atoms with Crippen LogP contribution in [0.25, 0.3) is 0 Å². The van der Waals surface area contributed by atoms with Crippen molar-refractivity contribution in [2.75, 3.05) is 27.4 Å². The van der Waals surface area contributed by atoms with E-state index in [1.54, 1.807) is 77.9 Å². The van der Waals surface area contributed by atoms with Gasteiger partial charge in [0.05, 0.1) is 43.8 Å². The number of Topliss-reactive ketones (excluding diaryl/α,β-unsaturated/α-hetero) is 1. The van der Waals surface area contributed by atoms with Crippen molar-refractivity contribution in [3.63, 3.8) is 0 Å². The minimum absolute atomic E-state index is 0.0501. The lowest BCUT2D eigenvalue weighted by Crippen LogP contribution is -2.83. The second-order valence-electron chi connectivity index (χ2n) is 23.0. The molecule has 1 spiro atoms. The van der Waals surface area contributed by atoms with Crippen LogP contribution in [-0.4, -0.2) is 137 Å². The molecule has 3 saturated heterocycles. The summed E-state index contributed by atoms with van der Waals surface area (Å²) in [5.41, 5.74) is -7.59. The third-order valence-electron chi connectivity index (χ3n) is 16.3. The van der Waals surface area contributed by atoms with Gasteiger partial charge in [-0.15, -0.1) is 0 Å². The van der Waals surface area contributed by atoms with Crippen molar-refractivity contribution in [1.29, 1.82) is 0 Å². The van der Waals surface area contributed by atoms with Crippen LogP contribution >= 0.6 is 34.8 Å². The molecule has 0 radical (unpaired) electrons. The highest BCUT2D eigenvalue weighted by atomic mass is 35.6. The first kappa shape index (κ1) is 59.0. The van der Waals surface area contributed by atoms with Crippen molar-refractivity contribution in [2.45, 2.75) is 165 Å². The number of carbonyl (C=O) groups excluding carboxylic acids is 7. The zero-order valence-corrected chi connectivity index (χ0v) is 48.2. The Morgan fingerprint density at radius 1 is 0.885 bits per heavy atom. The number of hydrogen-bond acceptors (Lipinski definition) is 18. The molecule has 3 heterocycles. The molecule has 3 aliphatic heterocycles. The summed E-state index contributed by atoms with van der Waals surface area (Å²) in [7, 11) is 2.94. The summed E-state index contributed by atoms with van der Waals surface area (Å²) in [5, 5.41) is 0. The Morgan fingerprint density at radius 3 is 2.13 bits per heavy atom. The van der Waals surface area contributed by atoms with Crippen molar-refractivity contribution < 1.29 is 85.7 Å². The molecule has 1 unspecified atom stereocenters. The Bertz CT molecular complexity index is 2760. The fourth-order valence-corrected chi connectivity index (χ4v) is 13.5. The van der Waals surface area contributed by atoms with Crippen molar-refractivity contribution in [1.82, 2.24) is 4.90 Å². The maximum absolute atomic E-state index is 16.4. The number of amides is 1. The van der Waals surface area contributed by atoms with Crippen LogP contribution in [0.3, 0.4) is 0 Å². The summed E-state index contributed by atoms with van der Waals surface area (Å²) in [4.78, 5) is 104. The molecule has 1 amide bonds. The highest BCUT2D eigenvalue weighted by Crippen LogP contribution is 2.68. The second kappa shape index (κ2) is 21.4. The van der Waals surface area contributed by atoms with Gasteiger partial charge >= 0.3 is 35.9 Å². The average Bonchev–Trinajstić information content (AvgIpc) is 3.80. The molecule has 8 rings (SSSR count). The molecule has 22 heteroatoms. The summed E-state index contributed by atoms with van der Waals surface area (Å²) in [6, 6.07) is 11.9. The van der Waals surface area contributed by atoms with E-state index < -0.39 is 134 Å². The van der Waals surface area contributed by atoms with E-state index in [2.05, 4.69) is 0 Å². The van der Waals surface area contributed by atoms with E-state index >= 15 is 14.4 Å². The number of methoxy groups -OCH3 is 2. The molecule has 2 aromatic rings. The minimum atomic E-state index is -2.66. The van der Waals surface area contributed by atoms with Crippen molar-refractivity contribution in [3.8, 4) is 11.5 Å². The number of carbonyl (C=O) groups is 7. The van der Waals surface area contributed by atoms with Gasteiger partial charge in [0, 0.05) is 49.8 Å². The Morgan fingerprint density at radius 2 is 1.56 bits per heavy atom. The van der Waals surface area contributed by atoms with Gasteiger partial charge < -0.3 is 52.1 Å². The van der Waals surface area contributed by atoms with Gasteiger partial charge in [-0.25, -0.2) is 19.2 Å². The maximum Gasteiger partial charge on any atom is 0.413 e. The fraction of sp³-hybridized carbons (Fsp3) is 0.625. The fourth-order valence-electron chi connectivity index (χ4n) is 13.3. The average molecular weight is 1150 g/mol. The van der Waals surface area contributed by atoms with Gasteiger partial charge in [0.1, 0.15) is 47.1 Å². The van der Waals surface area contributed by atoms with Gasteiger partial charge in [0.15, 0.2) is 29.8 Å². The molecule has 3 aliphatic carbocycles. The minimum Gasteiger partial charge on any atom is -0.497 e. The summed E-state index contributed by atoms with van der Waals surface area (Å²) < 4.78 is 67.0. The molecule has 19 nitrogen and oxygen atoms in total. The number of ether oxygens (including phenoxy) is 11. The molecule has 2 saturated carbocycles. The molecule has 78 heavy (non-hydrogen) atoms. The van der Waals surface area contributed by atoms with Gasteiger partial charge in [0.25, 0.3) is 3.79 Å². The zero-order chi connectivity index (χ0) is 57.4. The van der Waals surface area contributed by atoms with Gasteiger partial charge in [-0.2, -0.15) is 0 Å². The number of alkyl halides is 3. The highest BCUT2D eigenvalue weighted by molar-refractivity contribution is 6.75. The molecule has 0 aromatic heterocycles. The monoisotopic (exact) mass is 1150 g/mol. The first-order valence-corrected chi connectivity index (χ1v) is 27.0. The Balaban J connectivity index is 1.37. The Kier molecular flexibility index (Phi) is 16.2. The topological polar surface area (TPSA) is 224 Å². The molecule has 0 N–H and O–H groups in total. The number of esters is 5. The standard InChI is InChI=1S/C56H68Cl3NO18/c1-27(2)23-35-41(74-46(60(35)50(67)78-51(6,7)8)33-20-19-32(68-12)24-36(33)69-13)48(65)75-40-28(3)39-42(72-29(4)61)44(63)53(11)37(73-49(66)56(57,58)59)25-38-54(26-70-38,77-30(5)62)43(53)45(76-47(64)31-17-15-14-16-18-31)55(52(39,9)10)34(40)21-22-71-55/h14-20,24,27,34-35,37-38,40-43,45-46H,21-23,25-26H2,1-13H3/t34-,35-,37-,38+,40+,41+,42+,43-,45-,46?,53+,54-,55+/m0/s1. The highest BCUT2D eigenvalue weighted by Gasteiger charge is 2.82. The summed E-state index contributed by atoms with van der Waals surface area (Å²) in [6.07, 6.45) is -11.2. The number of fused-ring (bicyclic) bond motifs is 4. The van der Waals surface area contributed by atoms with Gasteiger partial charge in [-0.3, -0.25) is 19.3 Å². The zero-order valence-electron chi connectivity index (χ0n) is 45.9. The largest absolute Gasteiger partial charge is 0.497 e.